The molecule has 1 aliphatic heterocycles. The Morgan fingerprint density at radius 3 is 2.79 bits per heavy atom. The van der Waals surface area contributed by atoms with Gasteiger partial charge in [0.25, 0.3) is 0 Å². The average Bonchev–Trinajstić information content (AvgIpc) is 2.65. The number of hydrogen-bond acceptors (Lipinski definition) is 6. The molecule has 0 saturated carbocycles. The van der Waals surface area contributed by atoms with E-state index in [0.717, 1.165) is 22.0 Å². The summed E-state index contributed by atoms with van der Waals surface area (Å²) in [4.78, 5) is 17.3. The van der Waals surface area contributed by atoms with Crippen molar-refractivity contribution in [1.82, 2.24) is 4.98 Å². The number of hydrogen-bond donors (Lipinski definition) is 1. The van der Waals surface area contributed by atoms with Crippen LogP contribution in [-0.4, -0.2) is 17.6 Å². The summed E-state index contributed by atoms with van der Waals surface area (Å²) in [6.45, 7) is 9.09. The van der Waals surface area contributed by atoms with Crippen molar-refractivity contribution < 1.29 is 14.3 Å². The Balaban J connectivity index is 2.27. The number of aryl methyl sites for hydroxylation is 2. The van der Waals surface area contributed by atoms with E-state index in [2.05, 4.69) is 11.6 Å². The fourth-order valence-electron chi connectivity index (χ4n) is 3.52. The summed E-state index contributed by atoms with van der Waals surface area (Å²) in [5, 5.41) is 10.8. The van der Waals surface area contributed by atoms with Crippen LogP contribution in [0.15, 0.2) is 53.6 Å². The van der Waals surface area contributed by atoms with E-state index in [1.807, 2.05) is 38.1 Å². The molecule has 2 heterocycles. The molecular formula is C22H20ClN3O3. The monoisotopic (exact) mass is 409 g/mol. The highest BCUT2D eigenvalue weighted by atomic mass is 35.5. The Bertz CT molecular complexity index is 1140. The van der Waals surface area contributed by atoms with Gasteiger partial charge in [-0.15, -0.1) is 0 Å². The molecule has 1 aliphatic rings. The second-order valence-corrected chi connectivity index (χ2v) is 7.16. The highest BCUT2D eigenvalue weighted by molar-refractivity contribution is 6.31. The number of carbonyl (C=O) groups is 1. The molecule has 0 saturated heterocycles. The molecule has 3 rings (SSSR count). The molecule has 0 fully saturated rings. The fraction of sp³-hybridized carbons (Fsp3) is 0.227. The number of esters is 1. The molecule has 1 atom stereocenters. The zero-order chi connectivity index (χ0) is 21.3. The first-order valence-corrected chi connectivity index (χ1v) is 9.30. The van der Waals surface area contributed by atoms with Gasteiger partial charge < -0.3 is 15.2 Å². The topological polar surface area (TPSA) is 98.2 Å². The molecule has 0 aliphatic carbocycles. The molecule has 148 valence electrons. The number of fused-ring (bicyclic) bond motifs is 1. The van der Waals surface area contributed by atoms with E-state index in [-0.39, 0.29) is 34.5 Å². The summed E-state index contributed by atoms with van der Waals surface area (Å²) >= 11 is 6.52. The van der Waals surface area contributed by atoms with Gasteiger partial charge in [-0.25, -0.2) is 9.78 Å². The molecule has 2 N–H and O–H groups in total. The molecule has 1 aromatic heterocycles. The molecule has 1 aromatic carbocycles. The lowest BCUT2D eigenvalue weighted by Crippen LogP contribution is -2.26. The molecule has 6 nitrogen and oxygen atoms in total. The third kappa shape index (κ3) is 3.69. The summed E-state index contributed by atoms with van der Waals surface area (Å²) in [5.74, 6) is -1.32. The van der Waals surface area contributed by atoms with E-state index in [1.165, 1.54) is 6.08 Å². The summed E-state index contributed by atoms with van der Waals surface area (Å²) in [6.07, 6.45) is 1.46. The van der Waals surface area contributed by atoms with Gasteiger partial charge in [-0.1, -0.05) is 35.9 Å². The summed E-state index contributed by atoms with van der Waals surface area (Å²) in [7, 11) is 0. The van der Waals surface area contributed by atoms with E-state index >= 15 is 0 Å². The number of benzene rings is 1. The zero-order valence-electron chi connectivity index (χ0n) is 16.4. The SMILES string of the molecule is C=CCOC(=O)C1=C(C)OC(N)=C(C#N)[C@@H]1c1cc2cc(C)cc(C)c2nc1Cl. The predicted octanol–water partition coefficient (Wildman–Crippen LogP) is 4.32. The van der Waals surface area contributed by atoms with Crippen molar-refractivity contribution in [3.63, 3.8) is 0 Å². The molecule has 0 unspecified atom stereocenters. The van der Waals surface area contributed by atoms with Gasteiger partial charge >= 0.3 is 5.97 Å². The Kier molecular flexibility index (Phi) is 5.62. The molecule has 29 heavy (non-hydrogen) atoms. The lowest BCUT2D eigenvalue weighted by molar-refractivity contribution is -0.138. The van der Waals surface area contributed by atoms with E-state index in [0.29, 0.717) is 5.56 Å². The maximum absolute atomic E-state index is 12.8. The third-order valence-corrected chi connectivity index (χ3v) is 5.01. The number of allylic oxidation sites excluding steroid dienone is 2. The van der Waals surface area contributed by atoms with Gasteiger partial charge in [-0.05, 0) is 38.5 Å². The second kappa shape index (κ2) is 7.98. The molecule has 2 aromatic rings. The van der Waals surface area contributed by atoms with Gasteiger partial charge in [0.2, 0.25) is 5.88 Å². The summed E-state index contributed by atoms with van der Waals surface area (Å²) in [6, 6.07) is 7.86. The Labute approximate surface area is 173 Å². The van der Waals surface area contributed by atoms with Crippen molar-refractivity contribution in [3.8, 4) is 6.07 Å². The van der Waals surface area contributed by atoms with Crippen molar-refractivity contribution in [1.29, 1.82) is 5.26 Å². The van der Waals surface area contributed by atoms with Gasteiger partial charge in [-0.3, -0.25) is 0 Å². The van der Waals surface area contributed by atoms with Crippen molar-refractivity contribution in [3.05, 3.63) is 75.5 Å². The van der Waals surface area contributed by atoms with E-state index in [1.54, 1.807) is 6.92 Å². The van der Waals surface area contributed by atoms with Crippen molar-refractivity contribution >= 4 is 28.5 Å². The Morgan fingerprint density at radius 1 is 1.41 bits per heavy atom. The molecule has 7 heteroatoms. The first-order valence-electron chi connectivity index (χ1n) is 8.92. The number of ether oxygens (including phenoxy) is 2. The second-order valence-electron chi connectivity index (χ2n) is 6.80. The first-order chi connectivity index (χ1) is 13.8. The van der Waals surface area contributed by atoms with Crippen LogP contribution in [0, 0.1) is 25.2 Å². The van der Waals surface area contributed by atoms with Crippen LogP contribution in [0.3, 0.4) is 0 Å². The summed E-state index contributed by atoms with van der Waals surface area (Å²) in [5.41, 5.74) is 9.46. The van der Waals surface area contributed by atoms with Crippen LogP contribution < -0.4 is 5.73 Å². The number of carbonyl (C=O) groups excluding carboxylic acids is 1. The first kappa shape index (κ1) is 20.4. The van der Waals surface area contributed by atoms with E-state index < -0.39 is 11.9 Å². The normalized spacial score (nSPS) is 16.4. The minimum atomic E-state index is -0.851. The van der Waals surface area contributed by atoms with Gasteiger partial charge in [0, 0.05) is 10.9 Å². The van der Waals surface area contributed by atoms with Crippen LogP contribution >= 0.6 is 11.6 Å². The Morgan fingerprint density at radius 2 is 2.14 bits per heavy atom. The fourth-order valence-corrected chi connectivity index (χ4v) is 3.77. The van der Waals surface area contributed by atoms with Crippen LogP contribution in [0.2, 0.25) is 5.15 Å². The lowest BCUT2D eigenvalue weighted by atomic mass is 9.83. The van der Waals surface area contributed by atoms with Crippen molar-refractivity contribution in [2.45, 2.75) is 26.7 Å². The van der Waals surface area contributed by atoms with E-state index in [4.69, 9.17) is 26.8 Å². The zero-order valence-corrected chi connectivity index (χ0v) is 17.1. The van der Waals surface area contributed by atoms with Crippen molar-refractivity contribution in [2.24, 2.45) is 5.73 Å². The maximum Gasteiger partial charge on any atom is 0.338 e. The quantitative estimate of drug-likeness (QED) is 0.458. The molecule has 0 spiro atoms. The van der Waals surface area contributed by atoms with Gasteiger partial charge in [0.1, 0.15) is 29.2 Å². The molecule has 0 bridgehead atoms. The van der Waals surface area contributed by atoms with Crippen LogP contribution in [0.1, 0.15) is 29.5 Å². The van der Waals surface area contributed by atoms with Crippen LogP contribution in [-0.2, 0) is 14.3 Å². The van der Waals surface area contributed by atoms with Gasteiger partial charge in [0.05, 0.1) is 17.0 Å². The predicted molar refractivity (Wildman–Crippen MR) is 111 cm³/mol. The average molecular weight is 410 g/mol. The largest absolute Gasteiger partial charge is 0.458 e. The van der Waals surface area contributed by atoms with Gasteiger partial charge in [-0.2, -0.15) is 5.26 Å². The van der Waals surface area contributed by atoms with Crippen LogP contribution in [0.5, 0.6) is 0 Å². The number of rotatable bonds is 4. The minimum absolute atomic E-state index is 0.0194. The van der Waals surface area contributed by atoms with Crippen LogP contribution in [0.25, 0.3) is 10.9 Å². The lowest BCUT2D eigenvalue weighted by Gasteiger charge is -2.27. The maximum atomic E-state index is 12.8. The standard InChI is InChI=1S/C22H20ClN3O3/c1-5-6-28-22(27)17-13(4)29-21(25)16(10-24)18(17)15-9-14-8-11(2)7-12(3)19(14)26-20(15)23/h5,7-9,18H,1,6,25H2,2-4H3/t18-/m0/s1. The number of nitrogens with zero attached hydrogens (tertiary/aromatic N) is 2. The highest BCUT2D eigenvalue weighted by Gasteiger charge is 2.38. The minimum Gasteiger partial charge on any atom is -0.458 e. The highest BCUT2D eigenvalue weighted by Crippen LogP contribution is 2.42. The number of aromatic nitrogens is 1. The number of halogens is 1. The smallest absolute Gasteiger partial charge is 0.338 e. The summed E-state index contributed by atoms with van der Waals surface area (Å²) < 4.78 is 10.7. The van der Waals surface area contributed by atoms with E-state index in [9.17, 15) is 10.1 Å². The number of pyridine rings is 1. The molecule has 0 radical (unpaired) electrons. The molecule has 0 amide bonds. The molecular weight excluding hydrogens is 390 g/mol. The van der Waals surface area contributed by atoms with Gasteiger partial charge in [0.15, 0.2) is 0 Å². The van der Waals surface area contributed by atoms with Crippen molar-refractivity contribution in [2.75, 3.05) is 6.61 Å². The van der Waals surface area contributed by atoms with Crippen LogP contribution in [0.4, 0.5) is 0 Å². The third-order valence-electron chi connectivity index (χ3n) is 4.70. The number of nitriles is 1. The number of nitrogens with two attached hydrogens (primary N) is 1. The Hall–Kier alpha value is -3.30.